The molecule has 4 rings (SSSR count). The summed E-state index contributed by atoms with van der Waals surface area (Å²) >= 11 is 0. The number of nitrogens with two attached hydrogens (primary N) is 1. The van der Waals surface area contributed by atoms with Crippen LogP contribution in [0.3, 0.4) is 0 Å². The van der Waals surface area contributed by atoms with Gasteiger partial charge in [0.25, 0.3) is 0 Å². The molecule has 6 nitrogen and oxygen atoms in total. The molecule has 0 spiro atoms. The van der Waals surface area contributed by atoms with Crippen molar-refractivity contribution in [3.05, 3.63) is 71.4 Å². The van der Waals surface area contributed by atoms with Crippen LogP contribution in [0.4, 0.5) is 15.9 Å². The summed E-state index contributed by atoms with van der Waals surface area (Å²) in [5, 5.41) is 3.48. The summed E-state index contributed by atoms with van der Waals surface area (Å²) in [5.41, 5.74) is 9.63. The fourth-order valence-electron chi connectivity index (χ4n) is 3.81. The highest BCUT2D eigenvalue weighted by atomic mass is 19.1. The molecule has 2 heterocycles. The Hall–Kier alpha value is -3.45. The van der Waals surface area contributed by atoms with Crippen molar-refractivity contribution in [1.82, 2.24) is 14.5 Å². The number of aromatic nitrogens is 2. The van der Waals surface area contributed by atoms with Crippen LogP contribution in [-0.2, 0) is 10.3 Å². The minimum absolute atomic E-state index is 0.0902. The third-order valence-electron chi connectivity index (χ3n) is 5.76. The first-order chi connectivity index (χ1) is 14.7. The van der Waals surface area contributed by atoms with Crippen LogP contribution in [0.2, 0.25) is 0 Å². The molecule has 1 aliphatic heterocycles. The molecule has 7 heteroatoms. The van der Waals surface area contributed by atoms with Crippen molar-refractivity contribution >= 4 is 23.6 Å². The highest BCUT2D eigenvalue weighted by molar-refractivity contribution is 5.83. The largest absolute Gasteiger partial charge is 0.339 e. The Bertz CT molecular complexity index is 1180. The second-order valence-corrected chi connectivity index (χ2v) is 8.26. The lowest BCUT2D eigenvalue weighted by atomic mass is 10.0. The van der Waals surface area contributed by atoms with Crippen molar-refractivity contribution in [2.75, 3.05) is 11.9 Å². The van der Waals surface area contributed by atoms with Gasteiger partial charge in [0, 0.05) is 23.7 Å². The molecule has 0 saturated heterocycles. The fourth-order valence-corrected chi connectivity index (χ4v) is 3.81. The topological polar surface area (TPSA) is 76.2 Å². The normalized spacial score (nSPS) is 14.5. The predicted molar refractivity (Wildman–Crippen MR) is 121 cm³/mol. The summed E-state index contributed by atoms with van der Waals surface area (Å²) in [4.78, 5) is 18.9. The molecule has 160 valence electrons. The lowest BCUT2D eigenvalue weighted by Crippen LogP contribution is -2.47. The van der Waals surface area contributed by atoms with Crippen molar-refractivity contribution in [1.29, 1.82) is 0 Å². The number of aryl methyl sites for hydroxylation is 2. The van der Waals surface area contributed by atoms with E-state index >= 15 is 0 Å². The summed E-state index contributed by atoms with van der Waals surface area (Å²) < 4.78 is 15.5. The smallest absolute Gasteiger partial charge is 0.241 e. The molecule has 1 aliphatic rings. The lowest BCUT2D eigenvalue weighted by molar-refractivity contribution is -0.132. The number of benzene rings is 2. The molecule has 1 amide bonds. The molecule has 0 aliphatic carbocycles. The Labute approximate surface area is 181 Å². The summed E-state index contributed by atoms with van der Waals surface area (Å²) in [6.07, 6.45) is 3.53. The van der Waals surface area contributed by atoms with E-state index in [1.165, 1.54) is 23.3 Å². The number of fused-ring (bicyclic) bond motifs is 1. The Morgan fingerprint density at radius 3 is 2.45 bits per heavy atom. The Morgan fingerprint density at radius 1 is 1.10 bits per heavy atom. The van der Waals surface area contributed by atoms with Gasteiger partial charge in [-0.1, -0.05) is 6.07 Å². The van der Waals surface area contributed by atoms with Gasteiger partial charge in [-0.2, -0.15) is 0 Å². The van der Waals surface area contributed by atoms with Gasteiger partial charge in [0.15, 0.2) is 0 Å². The van der Waals surface area contributed by atoms with Crippen molar-refractivity contribution in [2.24, 2.45) is 5.73 Å². The predicted octanol–water partition coefficient (Wildman–Crippen LogP) is 4.51. The number of anilines is 2. The van der Waals surface area contributed by atoms with E-state index < -0.39 is 5.54 Å². The van der Waals surface area contributed by atoms with Crippen LogP contribution < -0.4 is 11.1 Å². The number of nitrogens with zero attached hydrogens (tertiary/aromatic N) is 3. The standard InChI is InChI=1S/C24H26FN5O/c1-15-5-10-19(13-16(15)2)27-22-21(17-6-8-18(25)9-7-17)28-23-24(3,4)30(20(31)14-26)12-11-29(22)23/h5-13,27H,14,26H2,1-4H3. The lowest BCUT2D eigenvalue weighted by Gasteiger charge is -2.38. The fraction of sp³-hybridized carbons (Fsp3) is 0.250. The van der Waals surface area contributed by atoms with E-state index in [9.17, 15) is 9.18 Å². The van der Waals surface area contributed by atoms with E-state index in [0.29, 0.717) is 11.5 Å². The second kappa shape index (κ2) is 7.67. The van der Waals surface area contributed by atoms with Crippen LogP contribution in [0, 0.1) is 19.7 Å². The van der Waals surface area contributed by atoms with Gasteiger partial charge in [0.05, 0.1) is 6.54 Å². The molecule has 3 N–H and O–H groups in total. The van der Waals surface area contributed by atoms with Gasteiger partial charge in [-0.15, -0.1) is 0 Å². The molecule has 0 saturated carbocycles. The van der Waals surface area contributed by atoms with Gasteiger partial charge < -0.3 is 16.0 Å². The maximum atomic E-state index is 13.6. The maximum Gasteiger partial charge on any atom is 0.241 e. The quantitative estimate of drug-likeness (QED) is 0.652. The number of hydrogen-bond acceptors (Lipinski definition) is 4. The summed E-state index contributed by atoms with van der Waals surface area (Å²) in [5.74, 6) is 0.926. The van der Waals surface area contributed by atoms with Crippen LogP contribution in [0.25, 0.3) is 17.5 Å². The zero-order valence-corrected chi connectivity index (χ0v) is 18.1. The molecule has 1 aromatic heterocycles. The summed E-state index contributed by atoms with van der Waals surface area (Å²) in [7, 11) is 0. The van der Waals surface area contributed by atoms with Crippen molar-refractivity contribution < 1.29 is 9.18 Å². The van der Waals surface area contributed by atoms with Gasteiger partial charge in [0.1, 0.15) is 28.7 Å². The summed E-state index contributed by atoms with van der Waals surface area (Å²) in [6.45, 7) is 7.89. The van der Waals surface area contributed by atoms with Gasteiger partial charge in [0.2, 0.25) is 5.91 Å². The molecular weight excluding hydrogens is 393 g/mol. The second-order valence-electron chi connectivity index (χ2n) is 8.26. The number of imidazole rings is 1. The molecular formula is C24H26FN5O. The Balaban J connectivity index is 1.88. The van der Waals surface area contributed by atoms with Crippen molar-refractivity contribution in [3.8, 4) is 11.3 Å². The van der Waals surface area contributed by atoms with Gasteiger partial charge in [-0.05, 0) is 75.2 Å². The SMILES string of the molecule is Cc1ccc(Nc2c(-c3ccc(F)cc3)nc3n2C=CN(C(=O)CN)C3(C)C)cc1C. The molecule has 2 aromatic carbocycles. The van der Waals surface area contributed by atoms with E-state index in [2.05, 4.69) is 31.3 Å². The van der Waals surface area contributed by atoms with Crippen LogP contribution in [0.15, 0.2) is 48.7 Å². The van der Waals surface area contributed by atoms with E-state index in [4.69, 9.17) is 10.7 Å². The zero-order chi connectivity index (χ0) is 22.3. The maximum absolute atomic E-state index is 13.6. The number of nitrogens with one attached hydrogen (secondary N) is 1. The molecule has 0 fully saturated rings. The first-order valence-corrected chi connectivity index (χ1v) is 10.2. The van der Waals surface area contributed by atoms with Crippen LogP contribution in [0.1, 0.15) is 30.8 Å². The van der Waals surface area contributed by atoms with Crippen LogP contribution in [-0.4, -0.2) is 26.9 Å². The molecule has 0 unspecified atom stereocenters. The summed E-state index contributed by atoms with van der Waals surface area (Å²) in [6, 6.07) is 12.4. The Kier molecular flexibility index (Phi) is 5.15. The minimum atomic E-state index is -0.719. The average Bonchev–Trinajstić information content (AvgIpc) is 3.10. The highest BCUT2D eigenvalue weighted by Crippen LogP contribution is 2.39. The monoisotopic (exact) mass is 419 g/mol. The number of carbonyl (C=O) groups excluding carboxylic acids is 1. The molecule has 0 radical (unpaired) electrons. The number of halogens is 1. The molecule has 31 heavy (non-hydrogen) atoms. The van der Waals surface area contributed by atoms with Crippen LogP contribution >= 0.6 is 0 Å². The first-order valence-electron chi connectivity index (χ1n) is 10.2. The van der Waals surface area contributed by atoms with Crippen molar-refractivity contribution in [3.63, 3.8) is 0 Å². The minimum Gasteiger partial charge on any atom is -0.339 e. The molecule has 3 aromatic rings. The number of carbonyl (C=O) groups is 1. The number of amides is 1. The average molecular weight is 420 g/mol. The highest BCUT2D eigenvalue weighted by Gasteiger charge is 2.39. The van der Waals surface area contributed by atoms with E-state index in [-0.39, 0.29) is 18.3 Å². The van der Waals surface area contributed by atoms with E-state index in [0.717, 1.165) is 17.1 Å². The number of hydrogen-bond donors (Lipinski definition) is 2. The van der Waals surface area contributed by atoms with E-state index in [1.807, 2.05) is 24.5 Å². The van der Waals surface area contributed by atoms with Gasteiger partial charge in [-0.3, -0.25) is 9.36 Å². The molecule has 0 bridgehead atoms. The van der Waals surface area contributed by atoms with E-state index in [1.54, 1.807) is 29.4 Å². The Morgan fingerprint density at radius 2 is 1.81 bits per heavy atom. The molecule has 0 atom stereocenters. The van der Waals surface area contributed by atoms with Gasteiger partial charge in [-0.25, -0.2) is 9.37 Å². The van der Waals surface area contributed by atoms with Gasteiger partial charge >= 0.3 is 0 Å². The van der Waals surface area contributed by atoms with Crippen LogP contribution in [0.5, 0.6) is 0 Å². The third kappa shape index (κ3) is 3.61. The van der Waals surface area contributed by atoms with Crippen molar-refractivity contribution in [2.45, 2.75) is 33.2 Å². The third-order valence-corrected chi connectivity index (χ3v) is 5.76. The first kappa shape index (κ1) is 20.8. The zero-order valence-electron chi connectivity index (χ0n) is 18.1. The number of rotatable bonds is 4.